The predicted molar refractivity (Wildman–Crippen MR) is 38.0 cm³/mol. The Kier molecular flexibility index (Phi) is 1.54. The molecule has 0 radical (unpaired) electrons. The van der Waals surface area contributed by atoms with Crippen LogP contribution in [0.4, 0.5) is 0 Å². The summed E-state index contributed by atoms with van der Waals surface area (Å²) >= 11 is 0. The van der Waals surface area contributed by atoms with Gasteiger partial charge in [-0.1, -0.05) is 0 Å². The Bertz CT molecular complexity index is 222. The fraction of sp³-hybridized carbons (Fsp3) is 0.571. The van der Waals surface area contributed by atoms with Gasteiger partial charge in [-0.25, -0.2) is 0 Å². The molecule has 0 unspecified atom stereocenters. The van der Waals surface area contributed by atoms with Crippen LogP contribution >= 0.6 is 0 Å². The zero-order valence-electron chi connectivity index (χ0n) is 6.30. The van der Waals surface area contributed by atoms with Crippen molar-refractivity contribution in [3.8, 4) is 0 Å². The van der Waals surface area contributed by atoms with Gasteiger partial charge < -0.3 is 9.57 Å². The van der Waals surface area contributed by atoms with Crippen LogP contribution in [0.15, 0.2) is 18.5 Å². The highest BCUT2D eigenvalue weighted by molar-refractivity contribution is 4.79. The van der Waals surface area contributed by atoms with Gasteiger partial charge in [0.05, 0.1) is 25.1 Å². The largest absolute Gasteiger partial charge is 0.388 e. The molecule has 4 heteroatoms. The Morgan fingerprint density at radius 2 is 2.64 bits per heavy atom. The smallest absolute Gasteiger partial charge is 0.176 e. The van der Waals surface area contributed by atoms with Crippen molar-refractivity contribution < 1.29 is 9.57 Å². The monoisotopic (exact) mass is 154 g/mol. The van der Waals surface area contributed by atoms with Gasteiger partial charge in [-0.3, -0.25) is 0 Å². The van der Waals surface area contributed by atoms with Gasteiger partial charge >= 0.3 is 0 Å². The molecule has 0 amide bonds. The van der Waals surface area contributed by atoms with E-state index in [1.165, 1.54) is 4.85 Å². The maximum atomic E-state index is 5.38. The second kappa shape index (κ2) is 2.54. The number of nitrogens with zero attached hydrogens (tertiary/aromatic N) is 2. The van der Waals surface area contributed by atoms with Crippen LogP contribution < -0.4 is 4.84 Å². The molecule has 1 saturated heterocycles. The van der Waals surface area contributed by atoms with Gasteiger partial charge in [-0.15, -0.1) is 9.94 Å². The van der Waals surface area contributed by atoms with Crippen molar-refractivity contribution in [1.82, 2.24) is 9.94 Å². The van der Waals surface area contributed by atoms with E-state index >= 15 is 0 Å². The minimum atomic E-state index is 0.162. The first kappa shape index (κ1) is 6.67. The van der Waals surface area contributed by atoms with Crippen molar-refractivity contribution in [2.75, 3.05) is 6.61 Å². The molecular formula is C7H10N2O2. The Morgan fingerprint density at radius 3 is 3.09 bits per heavy atom. The van der Waals surface area contributed by atoms with E-state index in [9.17, 15) is 0 Å². The van der Waals surface area contributed by atoms with E-state index in [-0.39, 0.29) is 12.2 Å². The van der Waals surface area contributed by atoms with Crippen LogP contribution in [0.2, 0.25) is 0 Å². The molecule has 0 aliphatic carbocycles. The summed E-state index contributed by atoms with van der Waals surface area (Å²) in [6.07, 6.45) is 3.81. The highest BCUT2D eigenvalue weighted by atomic mass is 16.7. The summed E-state index contributed by atoms with van der Waals surface area (Å²) in [6.45, 7) is 2.65. The minimum absolute atomic E-state index is 0.162. The Hall–Kier alpha value is -1.03. The average Bonchev–Trinajstić information content (AvgIpc) is 2.49. The lowest BCUT2D eigenvalue weighted by atomic mass is 10.2. The molecule has 4 nitrogen and oxygen atoms in total. The quantitative estimate of drug-likeness (QED) is 0.606. The molecule has 1 aromatic heterocycles. The number of hydrogen-bond acceptors (Lipinski definition) is 3. The molecule has 1 aliphatic rings. The van der Waals surface area contributed by atoms with E-state index in [4.69, 9.17) is 9.57 Å². The molecule has 11 heavy (non-hydrogen) atoms. The van der Waals surface area contributed by atoms with Gasteiger partial charge in [-0.05, 0) is 13.0 Å². The topological polar surface area (TPSA) is 36.3 Å². The third-order valence-electron chi connectivity index (χ3n) is 1.77. The van der Waals surface area contributed by atoms with Crippen LogP contribution in [0.25, 0.3) is 0 Å². The van der Waals surface area contributed by atoms with E-state index in [2.05, 4.69) is 5.10 Å². The first-order chi connectivity index (χ1) is 5.36. The molecule has 1 fully saturated rings. The SMILES string of the molecule is C[C@@H]1OC[C@H]1On1cccn1. The van der Waals surface area contributed by atoms with E-state index in [1.54, 1.807) is 12.4 Å². The summed E-state index contributed by atoms with van der Waals surface area (Å²) < 4.78 is 5.13. The number of aromatic nitrogens is 2. The van der Waals surface area contributed by atoms with Crippen molar-refractivity contribution >= 4 is 0 Å². The fourth-order valence-corrected chi connectivity index (χ4v) is 0.939. The summed E-state index contributed by atoms with van der Waals surface area (Å²) in [7, 11) is 0. The van der Waals surface area contributed by atoms with E-state index in [0.29, 0.717) is 6.61 Å². The molecule has 0 spiro atoms. The third kappa shape index (κ3) is 1.21. The van der Waals surface area contributed by atoms with E-state index in [0.717, 1.165) is 0 Å². The molecule has 2 rings (SSSR count). The van der Waals surface area contributed by atoms with Crippen molar-refractivity contribution in [3.05, 3.63) is 18.5 Å². The summed E-state index contributed by atoms with van der Waals surface area (Å²) in [6, 6.07) is 1.82. The number of hydrogen-bond donors (Lipinski definition) is 0. The van der Waals surface area contributed by atoms with Crippen molar-refractivity contribution in [3.63, 3.8) is 0 Å². The van der Waals surface area contributed by atoms with Gasteiger partial charge in [0.25, 0.3) is 0 Å². The highest BCUT2D eigenvalue weighted by Crippen LogP contribution is 2.12. The second-order valence-corrected chi connectivity index (χ2v) is 2.59. The van der Waals surface area contributed by atoms with Gasteiger partial charge in [0, 0.05) is 0 Å². The fourth-order valence-electron chi connectivity index (χ4n) is 0.939. The van der Waals surface area contributed by atoms with Crippen molar-refractivity contribution in [1.29, 1.82) is 0 Å². The van der Waals surface area contributed by atoms with Gasteiger partial charge in [-0.2, -0.15) is 0 Å². The zero-order chi connectivity index (χ0) is 7.68. The van der Waals surface area contributed by atoms with E-state index < -0.39 is 0 Å². The number of ether oxygens (including phenoxy) is 1. The number of rotatable bonds is 2. The average molecular weight is 154 g/mol. The van der Waals surface area contributed by atoms with Gasteiger partial charge in [0.15, 0.2) is 6.10 Å². The van der Waals surface area contributed by atoms with Crippen LogP contribution in [0.5, 0.6) is 0 Å². The summed E-state index contributed by atoms with van der Waals surface area (Å²) in [5, 5.41) is 3.91. The van der Waals surface area contributed by atoms with Crippen molar-refractivity contribution in [2.45, 2.75) is 19.1 Å². The first-order valence-corrected chi connectivity index (χ1v) is 3.64. The lowest BCUT2D eigenvalue weighted by molar-refractivity contribution is -0.186. The van der Waals surface area contributed by atoms with Crippen LogP contribution in [0.1, 0.15) is 6.92 Å². The van der Waals surface area contributed by atoms with Gasteiger partial charge in [0.2, 0.25) is 0 Å². The summed E-state index contributed by atoms with van der Waals surface area (Å²) in [4.78, 5) is 6.85. The van der Waals surface area contributed by atoms with E-state index in [1.807, 2.05) is 13.0 Å². The maximum Gasteiger partial charge on any atom is 0.176 e. The molecule has 2 atom stereocenters. The maximum absolute atomic E-state index is 5.38. The normalized spacial score (nSPS) is 29.5. The predicted octanol–water partition coefficient (Wildman–Crippen LogP) is 0.0990. The van der Waals surface area contributed by atoms with Crippen LogP contribution in [0.3, 0.4) is 0 Å². The molecule has 0 N–H and O–H groups in total. The van der Waals surface area contributed by atoms with Crippen molar-refractivity contribution in [2.24, 2.45) is 0 Å². The van der Waals surface area contributed by atoms with Crippen LogP contribution in [-0.2, 0) is 4.74 Å². The molecule has 0 bridgehead atoms. The third-order valence-corrected chi connectivity index (χ3v) is 1.77. The lowest BCUT2D eigenvalue weighted by Crippen LogP contribution is -2.49. The molecule has 60 valence electrons. The molecule has 0 aromatic carbocycles. The molecular weight excluding hydrogens is 144 g/mol. The standard InChI is InChI=1S/C7H10N2O2/c1-6-7(5-10-6)11-9-4-2-3-8-9/h2-4,6-7H,5H2,1H3/t6-,7+/m0/s1. The first-order valence-electron chi connectivity index (χ1n) is 3.64. The minimum Gasteiger partial charge on any atom is -0.388 e. The van der Waals surface area contributed by atoms with Gasteiger partial charge in [0.1, 0.15) is 0 Å². The second-order valence-electron chi connectivity index (χ2n) is 2.59. The Labute approximate surface area is 64.7 Å². The molecule has 1 aliphatic heterocycles. The summed E-state index contributed by atoms with van der Waals surface area (Å²) in [5.41, 5.74) is 0. The highest BCUT2D eigenvalue weighted by Gasteiger charge is 2.30. The van der Waals surface area contributed by atoms with Crippen LogP contribution in [-0.4, -0.2) is 28.8 Å². The molecule has 0 saturated carbocycles. The Balaban J connectivity index is 1.91. The molecule has 1 aromatic rings. The summed E-state index contributed by atoms with van der Waals surface area (Å²) in [5.74, 6) is 0. The molecule has 2 heterocycles. The zero-order valence-corrected chi connectivity index (χ0v) is 6.30. The Morgan fingerprint density at radius 1 is 1.73 bits per heavy atom. The van der Waals surface area contributed by atoms with Crippen LogP contribution in [0, 0.1) is 0 Å². The lowest BCUT2D eigenvalue weighted by Gasteiger charge is -2.32.